The van der Waals surface area contributed by atoms with Crippen molar-refractivity contribution >= 4 is 11.9 Å². The average Bonchev–Trinajstić information content (AvgIpc) is 2.30. The van der Waals surface area contributed by atoms with Crippen molar-refractivity contribution < 1.29 is 19.1 Å². The molecule has 0 amide bonds. The molecule has 0 saturated heterocycles. The topological polar surface area (TPSA) is 52.6 Å². The second-order valence-corrected chi connectivity index (χ2v) is 4.14. The summed E-state index contributed by atoms with van der Waals surface area (Å²) in [4.78, 5) is 22.7. The Balaban J connectivity index is 4.27. The van der Waals surface area contributed by atoms with E-state index in [-0.39, 0.29) is 12.6 Å². The number of allylic oxidation sites excluding steroid dienone is 1. The third kappa shape index (κ3) is 7.55. The molecular formula is C13H22O4. The van der Waals surface area contributed by atoms with Crippen LogP contribution >= 0.6 is 0 Å². The lowest BCUT2D eigenvalue weighted by Crippen LogP contribution is -2.17. The number of hydrogen-bond donors (Lipinski definition) is 0. The quantitative estimate of drug-likeness (QED) is 0.508. The van der Waals surface area contributed by atoms with Gasteiger partial charge in [-0.1, -0.05) is 33.8 Å². The lowest BCUT2D eigenvalue weighted by molar-refractivity contribution is -0.145. The van der Waals surface area contributed by atoms with E-state index in [1.54, 1.807) is 13.0 Å². The van der Waals surface area contributed by atoms with Crippen LogP contribution in [0.15, 0.2) is 11.6 Å². The molecular weight excluding hydrogens is 220 g/mol. The monoisotopic (exact) mass is 242 g/mol. The minimum absolute atomic E-state index is 0.00254. The molecule has 0 N–H and O–H groups in total. The Hall–Kier alpha value is -1.32. The second kappa shape index (κ2) is 8.79. The number of esters is 2. The van der Waals surface area contributed by atoms with Gasteiger partial charge < -0.3 is 9.47 Å². The molecule has 0 fully saturated rings. The van der Waals surface area contributed by atoms with Crippen molar-refractivity contribution in [1.82, 2.24) is 0 Å². The Labute approximate surface area is 103 Å². The van der Waals surface area contributed by atoms with Crippen LogP contribution in [0.1, 0.15) is 40.5 Å². The molecule has 98 valence electrons. The van der Waals surface area contributed by atoms with Crippen LogP contribution in [0.25, 0.3) is 0 Å². The fourth-order valence-corrected chi connectivity index (χ4v) is 1.04. The molecule has 0 aromatic heterocycles. The first-order valence-corrected chi connectivity index (χ1v) is 6.03. The van der Waals surface area contributed by atoms with E-state index < -0.39 is 5.97 Å². The van der Waals surface area contributed by atoms with Gasteiger partial charge in [-0.05, 0) is 12.3 Å². The summed E-state index contributed by atoms with van der Waals surface area (Å²) >= 11 is 0. The lowest BCUT2D eigenvalue weighted by Gasteiger charge is -2.10. The van der Waals surface area contributed by atoms with Gasteiger partial charge in [0.25, 0.3) is 0 Å². The van der Waals surface area contributed by atoms with Crippen molar-refractivity contribution in [2.45, 2.75) is 40.5 Å². The highest BCUT2D eigenvalue weighted by molar-refractivity contribution is 5.89. The molecule has 0 aromatic carbocycles. The Bertz CT molecular complexity index is 279. The van der Waals surface area contributed by atoms with Crippen molar-refractivity contribution in [3.05, 3.63) is 11.6 Å². The van der Waals surface area contributed by atoms with E-state index in [1.807, 2.05) is 20.8 Å². The van der Waals surface area contributed by atoms with Crippen LogP contribution in [0.3, 0.4) is 0 Å². The first-order chi connectivity index (χ1) is 8.01. The zero-order valence-corrected chi connectivity index (χ0v) is 11.1. The number of hydrogen-bond acceptors (Lipinski definition) is 4. The molecule has 0 saturated carbocycles. The third-order valence-corrected chi connectivity index (χ3v) is 1.94. The fraction of sp³-hybridized carbons (Fsp3) is 0.692. The Kier molecular flexibility index (Phi) is 8.11. The summed E-state index contributed by atoms with van der Waals surface area (Å²) < 4.78 is 10.0. The SMILES string of the molecule is CCC=C(COC(=O)CC)C(=O)OCC(C)C. The molecule has 0 aliphatic carbocycles. The molecule has 0 rings (SSSR count). The Morgan fingerprint density at radius 1 is 1.18 bits per heavy atom. The van der Waals surface area contributed by atoms with E-state index >= 15 is 0 Å². The highest BCUT2D eigenvalue weighted by Gasteiger charge is 2.13. The van der Waals surface area contributed by atoms with E-state index in [0.29, 0.717) is 30.9 Å². The molecule has 0 heterocycles. The van der Waals surface area contributed by atoms with Crippen LogP contribution in [0.4, 0.5) is 0 Å². The predicted molar refractivity (Wildman–Crippen MR) is 65.4 cm³/mol. The molecule has 17 heavy (non-hydrogen) atoms. The first kappa shape index (κ1) is 15.7. The lowest BCUT2D eigenvalue weighted by atomic mass is 10.2. The smallest absolute Gasteiger partial charge is 0.337 e. The van der Waals surface area contributed by atoms with Crippen LogP contribution in [0.5, 0.6) is 0 Å². The van der Waals surface area contributed by atoms with Gasteiger partial charge in [-0.25, -0.2) is 4.79 Å². The molecule has 0 aliphatic rings. The largest absolute Gasteiger partial charge is 0.462 e. The van der Waals surface area contributed by atoms with Gasteiger partial charge in [0, 0.05) is 6.42 Å². The summed E-state index contributed by atoms with van der Waals surface area (Å²) in [7, 11) is 0. The fourth-order valence-electron chi connectivity index (χ4n) is 1.04. The molecule has 0 atom stereocenters. The van der Waals surface area contributed by atoms with Gasteiger partial charge in [0.05, 0.1) is 12.2 Å². The molecule has 0 unspecified atom stereocenters. The van der Waals surface area contributed by atoms with E-state index in [1.165, 1.54) is 0 Å². The average molecular weight is 242 g/mol. The molecule has 0 bridgehead atoms. The molecule has 4 heteroatoms. The van der Waals surface area contributed by atoms with Crippen LogP contribution in [-0.2, 0) is 19.1 Å². The molecule has 0 aliphatic heterocycles. The van der Waals surface area contributed by atoms with E-state index in [0.717, 1.165) is 0 Å². The van der Waals surface area contributed by atoms with Gasteiger partial charge in [0.1, 0.15) is 6.61 Å². The predicted octanol–water partition coefficient (Wildman–Crippen LogP) is 2.48. The molecule has 4 nitrogen and oxygen atoms in total. The van der Waals surface area contributed by atoms with Crippen molar-refractivity contribution in [3.8, 4) is 0 Å². The number of rotatable bonds is 7. The maximum atomic E-state index is 11.7. The summed E-state index contributed by atoms with van der Waals surface area (Å²) in [5, 5.41) is 0. The third-order valence-electron chi connectivity index (χ3n) is 1.94. The summed E-state index contributed by atoms with van der Waals surface area (Å²) in [5.41, 5.74) is 0.412. The number of carbonyl (C=O) groups excluding carboxylic acids is 2. The number of ether oxygens (including phenoxy) is 2. The van der Waals surface area contributed by atoms with Crippen molar-refractivity contribution in [3.63, 3.8) is 0 Å². The summed E-state index contributed by atoms with van der Waals surface area (Å²) in [6, 6.07) is 0. The van der Waals surface area contributed by atoms with Crippen LogP contribution in [0, 0.1) is 5.92 Å². The highest BCUT2D eigenvalue weighted by atomic mass is 16.5. The molecule has 0 radical (unpaired) electrons. The van der Waals surface area contributed by atoms with E-state index in [4.69, 9.17) is 9.47 Å². The Morgan fingerprint density at radius 3 is 2.29 bits per heavy atom. The zero-order chi connectivity index (χ0) is 13.3. The Morgan fingerprint density at radius 2 is 1.82 bits per heavy atom. The maximum absolute atomic E-state index is 11.7. The highest BCUT2D eigenvalue weighted by Crippen LogP contribution is 2.04. The van der Waals surface area contributed by atoms with Crippen LogP contribution < -0.4 is 0 Å². The van der Waals surface area contributed by atoms with Gasteiger partial charge in [0.2, 0.25) is 0 Å². The van der Waals surface area contributed by atoms with E-state index in [2.05, 4.69) is 0 Å². The first-order valence-electron chi connectivity index (χ1n) is 6.03. The van der Waals surface area contributed by atoms with Crippen molar-refractivity contribution in [2.75, 3.05) is 13.2 Å². The van der Waals surface area contributed by atoms with Gasteiger partial charge in [0.15, 0.2) is 0 Å². The van der Waals surface area contributed by atoms with Gasteiger partial charge >= 0.3 is 11.9 Å². The summed E-state index contributed by atoms with van der Waals surface area (Å²) in [6.45, 7) is 7.93. The summed E-state index contributed by atoms with van der Waals surface area (Å²) in [5.74, 6) is -0.423. The van der Waals surface area contributed by atoms with E-state index in [9.17, 15) is 9.59 Å². The summed E-state index contributed by atoms with van der Waals surface area (Å²) in [6.07, 6.45) is 2.74. The molecule has 0 aromatic rings. The van der Waals surface area contributed by atoms with Crippen LogP contribution in [-0.4, -0.2) is 25.2 Å². The normalized spacial score (nSPS) is 11.5. The van der Waals surface area contributed by atoms with Gasteiger partial charge in [-0.15, -0.1) is 0 Å². The van der Waals surface area contributed by atoms with Gasteiger partial charge in [-0.3, -0.25) is 4.79 Å². The van der Waals surface area contributed by atoms with Crippen molar-refractivity contribution in [2.24, 2.45) is 5.92 Å². The minimum atomic E-state index is -0.399. The molecule has 0 spiro atoms. The standard InChI is InChI=1S/C13H22O4/c1-5-7-11(9-16-12(14)6-2)13(15)17-8-10(3)4/h7,10H,5-6,8-9H2,1-4H3. The minimum Gasteiger partial charge on any atom is -0.462 e. The van der Waals surface area contributed by atoms with Gasteiger partial charge in [-0.2, -0.15) is 0 Å². The van der Waals surface area contributed by atoms with Crippen LogP contribution in [0.2, 0.25) is 0 Å². The second-order valence-electron chi connectivity index (χ2n) is 4.14. The van der Waals surface area contributed by atoms with Crippen molar-refractivity contribution in [1.29, 1.82) is 0 Å². The zero-order valence-electron chi connectivity index (χ0n) is 11.1. The number of carbonyl (C=O) groups is 2. The maximum Gasteiger partial charge on any atom is 0.337 e.